The summed E-state index contributed by atoms with van der Waals surface area (Å²) in [7, 11) is 0. The highest BCUT2D eigenvalue weighted by Crippen LogP contribution is 2.48. The molecule has 2 aliphatic heterocycles. The first-order chi connectivity index (χ1) is 13.0. The van der Waals surface area contributed by atoms with Crippen molar-refractivity contribution in [2.45, 2.75) is 70.0 Å². The van der Waals surface area contributed by atoms with Gasteiger partial charge in [-0.05, 0) is 12.8 Å². The third kappa shape index (κ3) is 3.86. The second-order valence-electron chi connectivity index (χ2n) is 6.85. The number of unbranched alkanes of at least 4 members (excludes halogenated alkanes) is 2. The number of rotatable bonds is 10. The van der Waals surface area contributed by atoms with Gasteiger partial charge in [-0.15, -0.1) is 0 Å². The molecule has 27 heavy (non-hydrogen) atoms. The summed E-state index contributed by atoms with van der Waals surface area (Å²) < 4.78 is 52.7. The predicted octanol–water partition coefficient (Wildman–Crippen LogP) is 2.54. The summed E-state index contributed by atoms with van der Waals surface area (Å²) in [5.41, 5.74) is -2.40. The average molecular weight is 388 g/mol. The van der Waals surface area contributed by atoms with Crippen molar-refractivity contribution < 1.29 is 27.7 Å². The molecule has 0 aliphatic carbocycles. The zero-order chi connectivity index (χ0) is 19.4. The quantitative estimate of drug-likeness (QED) is 0.574. The number of hydrogen-bond donors (Lipinski definition) is 0. The first-order valence-corrected chi connectivity index (χ1v) is 9.44. The van der Waals surface area contributed by atoms with Crippen molar-refractivity contribution in [3.63, 3.8) is 0 Å². The largest absolute Gasteiger partial charge is 0.453 e. The van der Waals surface area contributed by atoms with E-state index in [9.17, 15) is 13.6 Å². The first kappa shape index (κ1) is 20.2. The highest BCUT2D eigenvalue weighted by Gasteiger charge is 2.65. The molecular weight excluding hydrogens is 362 g/mol. The molecule has 9 heteroatoms. The maximum atomic E-state index is 14.2. The molecule has 1 saturated heterocycles. The SMILES string of the molecule is CCCCOC[C@@]1(C(F)F)O[C@@H]2[C@@H](Oc3nc(=O)ccn32)[C@@H]1OCCCC. The average Bonchev–Trinajstić information content (AvgIpc) is 3.13. The number of hydrogen-bond acceptors (Lipinski definition) is 6. The van der Waals surface area contributed by atoms with Crippen molar-refractivity contribution in [2.24, 2.45) is 0 Å². The van der Waals surface area contributed by atoms with Crippen LogP contribution in [0.3, 0.4) is 0 Å². The van der Waals surface area contributed by atoms with Crippen molar-refractivity contribution in [2.75, 3.05) is 19.8 Å². The van der Waals surface area contributed by atoms with Gasteiger partial charge in [-0.25, -0.2) is 8.78 Å². The van der Waals surface area contributed by atoms with Gasteiger partial charge in [-0.3, -0.25) is 9.36 Å². The Balaban J connectivity index is 1.86. The lowest BCUT2D eigenvalue weighted by Crippen LogP contribution is -2.55. The van der Waals surface area contributed by atoms with Crippen molar-refractivity contribution in [1.82, 2.24) is 9.55 Å². The molecule has 1 aromatic rings. The van der Waals surface area contributed by atoms with Crippen LogP contribution in [-0.2, 0) is 14.2 Å². The van der Waals surface area contributed by atoms with Crippen LogP contribution in [0.2, 0.25) is 0 Å². The van der Waals surface area contributed by atoms with Gasteiger partial charge in [-0.1, -0.05) is 26.7 Å². The molecule has 1 aromatic heterocycles. The topological polar surface area (TPSA) is 71.8 Å². The molecule has 0 spiro atoms. The molecule has 0 aromatic carbocycles. The summed E-state index contributed by atoms with van der Waals surface area (Å²) in [6.07, 6.45) is -0.804. The molecule has 0 saturated carbocycles. The zero-order valence-corrected chi connectivity index (χ0v) is 15.6. The van der Waals surface area contributed by atoms with Gasteiger partial charge < -0.3 is 18.9 Å². The Kier molecular flexibility index (Phi) is 6.44. The van der Waals surface area contributed by atoms with Gasteiger partial charge in [0, 0.05) is 25.5 Å². The van der Waals surface area contributed by atoms with Crippen LogP contribution < -0.4 is 10.3 Å². The van der Waals surface area contributed by atoms with E-state index in [4.69, 9.17) is 18.9 Å². The second-order valence-corrected chi connectivity index (χ2v) is 6.85. The van der Waals surface area contributed by atoms with Crippen LogP contribution in [-0.4, -0.2) is 53.6 Å². The fourth-order valence-electron chi connectivity index (χ4n) is 3.34. The predicted molar refractivity (Wildman–Crippen MR) is 92.1 cm³/mol. The summed E-state index contributed by atoms with van der Waals surface area (Å²) in [6.45, 7) is 4.38. The van der Waals surface area contributed by atoms with Crippen molar-refractivity contribution in [1.29, 1.82) is 0 Å². The lowest BCUT2D eigenvalue weighted by atomic mass is 9.96. The van der Waals surface area contributed by atoms with Crippen LogP contribution >= 0.6 is 0 Å². The summed E-state index contributed by atoms with van der Waals surface area (Å²) >= 11 is 0. The number of ether oxygens (including phenoxy) is 4. The fraction of sp³-hybridized carbons (Fsp3) is 0.778. The Hall–Kier alpha value is -1.58. The lowest BCUT2D eigenvalue weighted by Gasteiger charge is -2.34. The van der Waals surface area contributed by atoms with Gasteiger partial charge in [0.15, 0.2) is 17.9 Å². The van der Waals surface area contributed by atoms with Crippen molar-refractivity contribution in [3.8, 4) is 6.01 Å². The van der Waals surface area contributed by atoms with E-state index in [0.717, 1.165) is 25.7 Å². The standard InChI is InChI=1S/C18H26F2N2O5/c1-3-5-9-24-11-18(16(19)20)14(25-10-6-4-2)13-15(27-18)22-8-7-12(23)21-17(22)26-13/h7-8,13-16H,3-6,9-11H2,1-2H3/t13-,14-,15+,18+/m0/s1. The van der Waals surface area contributed by atoms with Crippen LogP contribution in [0.1, 0.15) is 45.8 Å². The molecule has 3 heterocycles. The molecule has 152 valence electrons. The van der Waals surface area contributed by atoms with Crippen molar-refractivity contribution in [3.05, 3.63) is 22.6 Å². The van der Waals surface area contributed by atoms with E-state index in [1.165, 1.54) is 16.8 Å². The van der Waals surface area contributed by atoms with Crippen LogP contribution in [0.4, 0.5) is 8.78 Å². The van der Waals surface area contributed by atoms with Crippen LogP contribution in [0.25, 0.3) is 0 Å². The van der Waals surface area contributed by atoms with Gasteiger partial charge in [-0.2, -0.15) is 4.98 Å². The van der Waals surface area contributed by atoms with Gasteiger partial charge >= 0.3 is 6.01 Å². The van der Waals surface area contributed by atoms with E-state index < -0.39 is 36.0 Å². The van der Waals surface area contributed by atoms with Gasteiger partial charge in [0.1, 0.15) is 6.10 Å². The summed E-state index contributed by atoms with van der Waals surface area (Å²) in [5, 5.41) is 0. The zero-order valence-electron chi connectivity index (χ0n) is 15.6. The van der Waals surface area contributed by atoms with E-state index >= 15 is 0 Å². The van der Waals surface area contributed by atoms with E-state index in [0.29, 0.717) is 13.2 Å². The summed E-state index contributed by atoms with van der Waals surface area (Å²) in [6, 6.07) is 1.29. The summed E-state index contributed by atoms with van der Waals surface area (Å²) in [4.78, 5) is 15.2. The van der Waals surface area contributed by atoms with Gasteiger partial charge in [0.05, 0.1) is 6.61 Å². The Labute approximate surface area is 156 Å². The van der Waals surface area contributed by atoms with E-state index in [-0.39, 0.29) is 12.6 Å². The number of alkyl halides is 2. The number of halogens is 2. The third-order valence-electron chi connectivity index (χ3n) is 4.86. The number of nitrogens with zero attached hydrogens (tertiary/aromatic N) is 2. The molecule has 0 bridgehead atoms. The number of aromatic nitrogens is 2. The molecule has 0 unspecified atom stereocenters. The molecule has 1 fully saturated rings. The second kappa shape index (κ2) is 8.62. The Morgan fingerprint density at radius 3 is 2.74 bits per heavy atom. The Bertz CT molecular complexity index is 686. The van der Waals surface area contributed by atoms with Crippen LogP contribution in [0.5, 0.6) is 6.01 Å². The minimum absolute atomic E-state index is 0.0522. The Morgan fingerprint density at radius 1 is 1.30 bits per heavy atom. The molecule has 3 rings (SSSR count). The molecule has 7 nitrogen and oxygen atoms in total. The minimum atomic E-state index is -2.82. The maximum Gasteiger partial charge on any atom is 0.302 e. The number of fused-ring (bicyclic) bond motifs is 3. The monoisotopic (exact) mass is 388 g/mol. The smallest absolute Gasteiger partial charge is 0.302 e. The fourth-order valence-corrected chi connectivity index (χ4v) is 3.34. The lowest BCUT2D eigenvalue weighted by molar-refractivity contribution is -0.213. The van der Waals surface area contributed by atoms with E-state index in [1.54, 1.807) is 0 Å². The van der Waals surface area contributed by atoms with Crippen LogP contribution in [0.15, 0.2) is 17.1 Å². The molecule has 0 radical (unpaired) electrons. The van der Waals surface area contributed by atoms with Gasteiger partial charge in [0.2, 0.25) is 0 Å². The van der Waals surface area contributed by atoms with E-state index in [2.05, 4.69) is 4.98 Å². The normalized spacial score (nSPS) is 29.0. The Morgan fingerprint density at radius 2 is 2.04 bits per heavy atom. The molecule has 4 atom stereocenters. The molecule has 2 aliphatic rings. The molecule has 0 N–H and O–H groups in total. The first-order valence-electron chi connectivity index (χ1n) is 9.44. The highest BCUT2D eigenvalue weighted by atomic mass is 19.3. The van der Waals surface area contributed by atoms with Crippen molar-refractivity contribution >= 4 is 0 Å². The van der Waals surface area contributed by atoms with Crippen LogP contribution in [0, 0.1) is 0 Å². The highest BCUT2D eigenvalue weighted by molar-refractivity contribution is 5.15. The van der Waals surface area contributed by atoms with E-state index in [1.807, 2.05) is 13.8 Å². The third-order valence-corrected chi connectivity index (χ3v) is 4.86. The minimum Gasteiger partial charge on any atom is -0.453 e. The summed E-state index contributed by atoms with van der Waals surface area (Å²) in [5.74, 6) is 0. The molecular formula is C18H26F2N2O5. The van der Waals surface area contributed by atoms with Gasteiger partial charge in [0.25, 0.3) is 12.0 Å². The maximum absolute atomic E-state index is 14.2. The molecule has 0 amide bonds.